The van der Waals surface area contributed by atoms with E-state index in [-0.39, 0.29) is 12.5 Å². The van der Waals surface area contributed by atoms with Crippen LogP contribution in [0.3, 0.4) is 0 Å². The highest BCUT2D eigenvalue weighted by molar-refractivity contribution is 5.39. The Balaban J connectivity index is 2.92. The molecule has 96 valence electrons. The third-order valence-electron chi connectivity index (χ3n) is 3.07. The maximum Gasteiger partial charge on any atom is 0.122 e. The quantitative estimate of drug-likeness (QED) is 0.798. The van der Waals surface area contributed by atoms with Gasteiger partial charge >= 0.3 is 0 Å². The molecule has 0 aromatic heterocycles. The van der Waals surface area contributed by atoms with Crippen LogP contribution in [-0.2, 0) is 6.42 Å². The van der Waals surface area contributed by atoms with Crippen LogP contribution >= 0.6 is 0 Å². The highest BCUT2D eigenvalue weighted by Gasteiger charge is 2.15. The molecule has 17 heavy (non-hydrogen) atoms. The van der Waals surface area contributed by atoms with Crippen LogP contribution in [0.25, 0.3) is 0 Å². The molecule has 0 radical (unpaired) electrons. The Morgan fingerprint density at radius 2 is 2.06 bits per heavy atom. The number of aliphatic hydroxyl groups excluding tert-OH is 2. The molecule has 0 heterocycles. The maximum absolute atomic E-state index is 9.49. The smallest absolute Gasteiger partial charge is 0.122 e. The summed E-state index contributed by atoms with van der Waals surface area (Å²) in [6.45, 7) is 3.95. The van der Waals surface area contributed by atoms with Crippen molar-refractivity contribution in [2.24, 2.45) is 0 Å². The normalized spacial score (nSPS) is 14.4. The molecule has 2 unspecified atom stereocenters. The van der Waals surface area contributed by atoms with Crippen molar-refractivity contribution in [3.8, 4) is 5.75 Å². The van der Waals surface area contributed by atoms with Crippen molar-refractivity contribution >= 4 is 0 Å². The van der Waals surface area contributed by atoms with Gasteiger partial charge in [0.1, 0.15) is 5.75 Å². The first-order chi connectivity index (χ1) is 8.12. The predicted octanol–water partition coefficient (Wildman–Crippen LogP) is 2.10. The van der Waals surface area contributed by atoms with E-state index in [1.807, 2.05) is 13.0 Å². The van der Waals surface area contributed by atoms with Crippen molar-refractivity contribution in [3.05, 3.63) is 29.3 Å². The number of benzene rings is 1. The minimum atomic E-state index is -0.667. The third-order valence-corrected chi connectivity index (χ3v) is 3.07. The molecule has 0 saturated heterocycles. The van der Waals surface area contributed by atoms with E-state index in [2.05, 4.69) is 19.1 Å². The van der Waals surface area contributed by atoms with E-state index >= 15 is 0 Å². The molecular weight excluding hydrogens is 216 g/mol. The highest BCUT2D eigenvalue weighted by atomic mass is 16.5. The minimum absolute atomic E-state index is 0.165. The van der Waals surface area contributed by atoms with Crippen molar-refractivity contribution < 1.29 is 14.9 Å². The van der Waals surface area contributed by atoms with Crippen LogP contribution in [0.5, 0.6) is 5.75 Å². The van der Waals surface area contributed by atoms with E-state index < -0.39 is 6.10 Å². The molecule has 3 nitrogen and oxygen atoms in total. The molecule has 3 heteroatoms. The molecule has 0 fully saturated rings. The van der Waals surface area contributed by atoms with Crippen molar-refractivity contribution in [1.29, 1.82) is 0 Å². The number of aryl methyl sites for hydroxylation is 1. The SMILES string of the molecule is CCc1ccc(OC)c(C(C)CC(O)CO)c1. The van der Waals surface area contributed by atoms with Gasteiger partial charge in [0.2, 0.25) is 0 Å². The lowest BCUT2D eigenvalue weighted by Crippen LogP contribution is -2.15. The predicted molar refractivity (Wildman–Crippen MR) is 68.5 cm³/mol. The van der Waals surface area contributed by atoms with E-state index in [4.69, 9.17) is 9.84 Å². The summed E-state index contributed by atoms with van der Waals surface area (Å²) in [4.78, 5) is 0. The lowest BCUT2D eigenvalue weighted by atomic mass is 9.92. The summed E-state index contributed by atoms with van der Waals surface area (Å²) >= 11 is 0. The molecule has 2 atom stereocenters. The standard InChI is InChI=1S/C14H22O3/c1-4-11-5-6-14(17-3)13(8-11)10(2)7-12(16)9-15/h5-6,8,10,12,15-16H,4,7,9H2,1-3H3. The number of methoxy groups -OCH3 is 1. The van der Waals surface area contributed by atoms with E-state index in [0.717, 1.165) is 17.7 Å². The monoisotopic (exact) mass is 238 g/mol. The van der Waals surface area contributed by atoms with Crippen LogP contribution in [0.15, 0.2) is 18.2 Å². The van der Waals surface area contributed by atoms with Crippen LogP contribution in [-0.4, -0.2) is 30.0 Å². The molecule has 0 saturated carbocycles. The second kappa shape index (κ2) is 6.62. The Labute approximate surface area is 103 Å². The maximum atomic E-state index is 9.49. The first-order valence-corrected chi connectivity index (χ1v) is 6.08. The van der Waals surface area contributed by atoms with E-state index in [1.165, 1.54) is 5.56 Å². The van der Waals surface area contributed by atoms with Crippen molar-refractivity contribution in [2.45, 2.75) is 38.7 Å². The third kappa shape index (κ3) is 3.72. The van der Waals surface area contributed by atoms with Gasteiger partial charge in [0.15, 0.2) is 0 Å². The molecule has 0 aliphatic carbocycles. The first-order valence-electron chi connectivity index (χ1n) is 6.08. The van der Waals surface area contributed by atoms with Gasteiger partial charge in [-0.2, -0.15) is 0 Å². The van der Waals surface area contributed by atoms with Crippen LogP contribution in [0.1, 0.15) is 37.3 Å². The summed E-state index contributed by atoms with van der Waals surface area (Å²) in [7, 11) is 1.65. The van der Waals surface area contributed by atoms with Crippen molar-refractivity contribution in [1.82, 2.24) is 0 Å². The topological polar surface area (TPSA) is 49.7 Å². The minimum Gasteiger partial charge on any atom is -0.496 e. The van der Waals surface area contributed by atoms with Crippen molar-refractivity contribution in [2.75, 3.05) is 13.7 Å². The molecule has 0 spiro atoms. The van der Waals surface area contributed by atoms with Gasteiger partial charge in [0.25, 0.3) is 0 Å². The number of rotatable bonds is 6. The fourth-order valence-electron chi connectivity index (χ4n) is 2.00. The van der Waals surface area contributed by atoms with Gasteiger partial charge in [-0.25, -0.2) is 0 Å². The van der Waals surface area contributed by atoms with Crippen LogP contribution in [0, 0.1) is 0 Å². The van der Waals surface area contributed by atoms with Gasteiger partial charge in [0, 0.05) is 0 Å². The molecule has 2 N–H and O–H groups in total. The number of hydrogen-bond acceptors (Lipinski definition) is 3. The number of hydrogen-bond donors (Lipinski definition) is 2. The zero-order valence-corrected chi connectivity index (χ0v) is 10.8. The summed E-state index contributed by atoms with van der Waals surface area (Å²) in [5.41, 5.74) is 2.35. The number of ether oxygens (including phenoxy) is 1. The summed E-state index contributed by atoms with van der Waals surface area (Å²) in [6.07, 6.45) is 0.853. The van der Waals surface area contributed by atoms with Gasteiger partial charge in [-0.3, -0.25) is 0 Å². The Morgan fingerprint density at radius 3 is 2.59 bits per heavy atom. The van der Waals surface area contributed by atoms with Gasteiger partial charge in [-0.1, -0.05) is 26.0 Å². The molecule has 0 amide bonds. The van der Waals surface area contributed by atoms with Gasteiger partial charge in [-0.15, -0.1) is 0 Å². The summed E-state index contributed by atoms with van der Waals surface area (Å²) in [6, 6.07) is 6.14. The first kappa shape index (κ1) is 14.0. The van der Waals surface area contributed by atoms with Gasteiger partial charge in [-0.05, 0) is 36.0 Å². The average Bonchev–Trinajstić information content (AvgIpc) is 2.37. The van der Waals surface area contributed by atoms with Crippen LogP contribution in [0.4, 0.5) is 0 Å². The summed E-state index contributed by atoms with van der Waals surface area (Å²) < 4.78 is 5.34. The van der Waals surface area contributed by atoms with Crippen molar-refractivity contribution in [3.63, 3.8) is 0 Å². The molecule has 1 aromatic rings. The second-order valence-corrected chi connectivity index (χ2v) is 4.40. The van der Waals surface area contributed by atoms with Gasteiger partial charge < -0.3 is 14.9 Å². The Hall–Kier alpha value is -1.06. The van der Waals surface area contributed by atoms with E-state index in [0.29, 0.717) is 6.42 Å². The average molecular weight is 238 g/mol. The molecule has 1 aromatic carbocycles. The summed E-state index contributed by atoms with van der Waals surface area (Å²) in [5.74, 6) is 1.01. The van der Waals surface area contributed by atoms with Crippen LogP contribution in [0.2, 0.25) is 0 Å². The zero-order chi connectivity index (χ0) is 12.8. The molecule has 0 aliphatic rings. The molecular formula is C14H22O3. The largest absolute Gasteiger partial charge is 0.496 e. The fraction of sp³-hybridized carbons (Fsp3) is 0.571. The molecule has 0 bridgehead atoms. The summed E-state index contributed by atoms with van der Waals surface area (Å²) in [5, 5.41) is 18.4. The fourth-order valence-corrected chi connectivity index (χ4v) is 2.00. The van der Waals surface area contributed by atoms with Gasteiger partial charge in [0.05, 0.1) is 19.8 Å². The number of aliphatic hydroxyl groups is 2. The zero-order valence-electron chi connectivity index (χ0n) is 10.8. The lowest BCUT2D eigenvalue weighted by Gasteiger charge is -2.18. The molecule has 1 rings (SSSR count). The Bertz CT molecular complexity index is 349. The molecule has 0 aliphatic heterocycles. The Morgan fingerprint density at radius 1 is 1.35 bits per heavy atom. The highest BCUT2D eigenvalue weighted by Crippen LogP contribution is 2.30. The Kier molecular flexibility index (Phi) is 5.45. The van der Waals surface area contributed by atoms with E-state index in [9.17, 15) is 5.11 Å². The second-order valence-electron chi connectivity index (χ2n) is 4.40. The van der Waals surface area contributed by atoms with Crippen LogP contribution < -0.4 is 4.74 Å². The lowest BCUT2D eigenvalue weighted by molar-refractivity contribution is 0.0833. The van der Waals surface area contributed by atoms with E-state index in [1.54, 1.807) is 7.11 Å².